The van der Waals surface area contributed by atoms with Gasteiger partial charge in [-0.2, -0.15) is 0 Å². The van der Waals surface area contributed by atoms with Gasteiger partial charge in [-0.1, -0.05) is 12.1 Å². The molecule has 0 bridgehead atoms. The van der Waals surface area contributed by atoms with E-state index < -0.39 is 0 Å². The number of likely N-dealkylation sites (N-methyl/N-ethyl adjacent to an activating group) is 1. The van der Waals surface area contributed by atoms with Gasteiger partial charge in [0.2, 0.25) is 0 Å². The van der Waals surface area contributed by atoms with Gasteiger partial charge in [0.15, 0.2) is 0 Å². The van der Waals surface area contributed by atoms with Gasteiger partial charge < -0.3 is 15.5 Å². The lowest BCUT2D eigenvalue weighted by atomic mass is 10.1. The number of halogens is 1. The topological polar surface area (TPSA) is 45.4 Å². The fraction of sp³-hybridized carbons (Fsp3) is 0.267. The van der Waals surface area contributed by atoms with Crippen molar-refractivity contribution in [2.24, 2.45) is 0 Å². The summed E-state index contributed by atoms with van der Waals surface area (Å²) >= 11 is 3.64. The van der Waals surface area contributed by atoms with E-state index in [1.807, 2.05) is 6.92 Å². The lowest BCUT2D eigenvalue weighted by Crippen LogP contribution is -2.37. The van der Waals surface area contributed by atoms with Crippen molar-refractivity contribution < 1.29 is 0 Å². The summed E-state index contributed by atoms with van der Waals surface area (Å²) in [7, 11) is 2.12. The second-order valence-electron chi connectivity index (χ2n) is 5.04. The van der Waals surface area contributed by atoms with Crippen molar-refractivity contribution >= 4 is 38.8 Å². The molecule has 5 heteroatoms. The molecule has 0 unspecified atom stereocenters. The summed E-state index contributed by atoms with van der Waals surface area (Å²) in [4.78, 5) is 9.03. The molecule has 0 fully saturated rings. The van der Waals surface area contributed by atoms with Crippen LogP contribution in [0.5, 0.6) is 0 Å². The molecule has 104 valence electrons. The van der Waals surface area contributed by atoms with E-state index in [-0.39, 0.29) is 0 Å². The van der Waals surface area contributed by atoms with E-state index in [4.69, 9.17) is 5.73 Å². The molecule has 0 atom stereocenters. The van der Waals surface area contributed by atoms with Gasteiger partial charge in [0.1, 0.15) is 5.82 Å². The molecule has 3 rings (SSSR count). The molecule has 0 spiro atoms. The second kappa shape index (κ2) is 4.98. The van der Waals surface area contributed by atoms with Gasteiger partial charge in [0.25, 0.3) is 0 Å². The predicted octanol–water partition coefficient (Wildman–Crippen LogP) is 3.32. The highest BCUT2D eigenvalue weighted by Gasteiger charge is 2.24. The average molecular weight is 333 g/mol. The smallest absolute Gasteiger partial charge is 0.147 e. The Morgan fingerprint density at radius 3 is 2.65 bits per heavy atom. The van der Waals surface area contributed by atoms with Crippen molar-refractivity contribution in [1.29, 1.82) is 0 Å². The van der Waals surface area contributed by atoms with E-state index in [0.29, 0.717) is 5.69 Å². The zero-order valence-electron chi connectivity index (χ0n) is 11.6. The van der Waals surface area contributed by atoms with Crippen LogP contribution in [0.2, 0.25) is 0 Å². The fourth-order valence-electron chi connectivity index (χ4n) is 2.49. The third-order valence-electron chi connectivity index (χ3n) is 3.78. The van der Waals surface area contributed by atoms with Gasteiger partial charge in [-0.3, -0.25) is 0 Å². The van der Waals surface area contributed by atoms with Gasteiger partial charge in [-0.25, -0.2) is 4.98 Å². The van der Waals surface area contributed by atoms with E-state index in [1.54, 1.807) is 6.20 Å². The molecule has 2 N–H and O–H groups in total. The van der Waals surface area contributed by atoms with Crippen LogP contribution in [0.3, 0.4) is 0 Å². The van der Waals surface area contributed by atoms with Crippen molar-refractivity contribution in [3.05, 3.63) is 40.5 Å². The third-order valence-corrected chi connectivity index (χ3v) is 4.73. The maximum atomic E-state index is 5.92. The van der Waals surface area contributed by atoms with Gasteiger partial charge in [-0.15, -0.1) is 0 Å². The molecule has 1 aliphatic heterocycles. The van der Waals surface area contributed by atoms with Crippen molar-refractivity contribution in [2.45, 2.75) is 6.92 Å². The van der Waals surface area contributed by atoms with Crippen LogP contribution in [0.25, 0.3) is 0 Å². The van der Waals surface area contributed by atoms with Gasteiger partial charge in [0.05, 0.1) is 27.7 Å². The number of nitrogens with two attached hydrogens (primary N) is 1. The minimum Gasteiger partial charge on any atom is -0.397 e. The second-order valence-corrected chi connectivity index (χ2v) is 5.83. The van der Waals surface area contributed by atoms with E-state index in [0.717, 1.165) is 28.9 Å². The number of rotatable bonds is 1. The molecule has 2 aromatic rings. The molecule has 2 heterocycles. The summed E-state index contributed by atoms with van der Waals surface area (Å²) in [5, 5.41) is 0. The number of anilines is 4. The summed E-state index contributed by atoms with van der Waals surface area (Å²) in [5.74, 6) is 0.928. The zero-order chi connectivity index (χ0) is 14.3. The summed E-state index contributed by atoms with van der Waals surface area (Å²) in [5.41, 5.74) is 10.1. The summed E-state index contributed by atoms with van der Waals surface area (Å²) < 4.78 is 0.969. The minimum absolute atomic E-state index is 0.711. The van der Waals surface area contributed by atoms with Crippen LogP contribution in [0, 0.1) is 6.92 Å². The highest BCUT2D eigenvalue weighted by atomic mass is 79.9. The van der Waals surface area contributed by atoms with Crippen LogP contribution in [-0.4, -0.2) is 25.1 Å². The first-order chi connectivity index (χ1) is 9.59. The van der Waals surface area contributed by atoms with E-state index in [2.05, 4.69) is 62.0 Å². The molecule has 0 aliphatic carbocycles. The molecule has 1 aromatic carbocycles. The number of hydrogen-bond donors (Lipinski definition) is 1. The molecular weight excluding hydrogens is 316 g/mol. The first-order valence-electron chi connectivity index (χ1n) is 6.58. The van der Waals surface area contributed by atoms with Crippen LogP contribution in [0.1, 0.15) is 5.56 Å². The number of nitrogens with zero attached hydrogens (tertiary/aromatic N) is 3. The number of hydrogen-bond acceptors (Lipinski definition) is 4. The van der Waals surface area contributed by atoms with Crippen molar-refractivity contribution in [3.8, 4) is 0 Å². The Kier molecular flexibility index (Phi) is 3.30. The SMILES string of the molecule is Cc1c(N)cnc(N2CCN(C)c3ccccc32)c1Br. The fourth-order valence-corrected chi connectivity index (χ4v) is 3.04. The zero-order valence-corrected chi connectivity index (χ0v) is 13.2. The van der Waals surface area contributed by atoms with Crippen molar-refractivity contribution in [2.75, 3.05) is 35.7 Å². The number of pyridine rings is 1. The van der Waals surface area contributed by atoms with E-state index in [1.165, 1.54) is 11.4 Å². The quantitative estimate of drug-likeness (QED) is 0.870. The van der Waals surface area contributed by atoms with Crippen LogP contribution in [-0.2, 0) is 0 Å². The monoisotopic (exact) mass is 332 g/mol. The molecule has 4 nitrogen and oxygen atoms in total. The Hall–Kier alpha value is -1.75. The first-order valence-corrected chi connectivity index (χ1v) is 7.37. The summed E-state index contributed by atoms with van der Waals surface area (Å²) in [6.45, 7) is 3.88. The first kappa shape index (κ1) is 13.2. The van der Waals surface area contributed by atoms with Crippen LogP contribution in [0.4, 0.5) is 22.9 Å². The average Bonchev–Trinajstić information content (AvgIpc) is 2.47. The molecule has 0 amide bonds. The van der Waals surface area contributed by atoms with Crippen molar-refractivity contribution in [1.82, 2.24) is 4.98 Å². The van der Waals surface area contributed by atoms with Crippen molar-refractivity contribution in [3.63, 3.8) is 0 Å². The minimum atomic E-state index is 0.711. The van der Waals surface area contributed by atoms with Gasteiger partial charge in [0, 0.05) is 20.1 Å². The number of aromatic nitrogens is 1. The highest BCUT2D eigenvalue weighted by Crippen LogP contribution is 2.40. The van der Waals surface area contributed by atoms with Crippen LogP contribution < -0.4 is 15.5 Å². The largest absolute Gasteiger partial charge is 0.397 e. The number of para-hydroxylation sites is 2. The Labute approximate surface area is 127 Å². The standard InChI is InChI=1S/C15H17BrN4/c1-10-11(17)9-18-15(14(10)16)20-8-7-19(2)12-5-3-4-6-13(12)20/h3-6,9H,7-8,17H2,1-2H3. The third kappa shape index (κ3) is 2.02. The molecule has 0 saturated carbocycles. The molecule has 20 heavy (non-hydrogen) atoms. The Morgan fingerprint density at radius 1 is 1.20 bits per heavy atom. The summed E-state index contributed by atoms with van der Waals surface area (Å²) in [6, 6.07) is 8.39. The Morgan fingerprint density at radius 2 is 1.90 bits per heavy atom. The van der Waals surface area contributed by atoms with E-state index >= 15 is 0 Å². The molecule has 0 radical (unpaired) electrons. The van der Waals surface area contributed by atoms with Crippen LogP contribution in [0.15, 0.2) is 34.9 Å². The van der Waals surface area contributed by atoms with Gasteiger partial charge in [-0.05, 0) is 40.5 Å². The van der Waals surface area contributed by atoms with Gasteiger partial charge >= 0.3 is 0 Å². The lowest BCUT2D eigenvalue weighted by molar-refractivity contribution is 0.811. The summed E-state index contributed by atoms with van der Waals surface area (Å²) in [6.07, 6.45) is 1.73. The van der Waals surface area contributed by atoms with Crippen LogP contribution >= 0.6 is 15.9 Å². The Balaban J connectivity index is 2.13. The molecule has 1 aliphatic rings. The maximum absolute atomic E-state index is 5.92. The van der Waals surface area contributed by atoms with E-state index in [9.17, 15) is 0 Å². The Bertz CT molecular complexity index is 656. The molecule has 0 saturated heterocycles. The normalized spacial score (nSPS) is 14.3. The lowest BCUT2D eigenvalue weighted by Gasteiger charge is -2.36. The number of nitrogen functional groups attached to an aromatic ring is 1. The predicted molar refractivity (Wildman–Crippen MR) is 87.8 cm³/mol. The maximum Gasteiger partial charge on any atom is 0.147 e. The number of benzene rings is 1. The molecular formula is C15H17BrN4. The molecule has 1 aromatic heterocycles. The number of fused-ring (bicyclic) bond motifs is 1. The highest BCUT2D eigenvalue weighted by molar-refractivity contribution is 9.10.